The van der Waals surface area contributed by atoms with Crippen LogP contribution in [0, 0.1) is 5.95 Å². The Labute approximate surface area is 169 Å². The molecule has 9 heteroatoms. The highest BCUT2D eigenvalue weighted by atomic mass is 19.1. The van der Waals surface area contributed by atoms with Gasteiger partial charge >= 0.3 is 7.12 Å². The largest absolute Gasteiger partial charge is 0.494 e. The molecule has 150 valence electrons. The van der Waals surface area contributed by atoms with E-state index in [0.29, 0.717) is 17.3 Å². The van der Waals surface area contributed by atoms with E-state index < -0.39 is 13.1 Å². The summed E-state index contributed by atoms with van der Waals surface area (Å²) in [5.41, 5.74) is 1.69. The van der Waals surface area contributed by atoms with Crippen LogP contribution in [0.2, 0.25) is 0 Å². The van der Waals surface area contributed by atoms with Gasteiger partial charge in [0.1, 0.15) is 0 Å². The van der Waals surface area contributed by atoms with E-state index in [1.165, 1.54) is 12.3 Å². The van der Waals surface area contributed by atoms with Crippen LogP contribution in [0.1, 0.15) is 27.7 Å². The zero-order valence-electron chi connectivity index (χ0n) is 17.1. The lowest BCUT2D eigenvalue weighted by Gasteiger charge is -2.32. The molecule has 2 aromatic heterocycles. The predicted octanol–water partition coefficient (Wildman–Crippen LogP) is 3.06. The van der Waals surface area contributed by atoms with E-state index in [9.17, 15) is 4.39 Å². The van der Waals surface area contributed by atoms with Crippen LogP contribution in [0.5, 0.6) is 0 Å². The number of benzene rings is 1. The van der Waals surface area contributed by atoms with Crippen molar-refractivity contribution in [2.45, 2.75) is 38.9 Å². The van der Waals surface area contributed by atoms with E-state index in [2.05, 4.69) is 20.4 Å². The quantitative estimate of drug-likeness (QED) is 0.541. The number of pyridine rings is 1. The zero-order chi connectivity index (χ0) is 20.8. The van der Waals surface area contributed by atoms with E-state index >= 15 is 0 Å². The molecule has 0 atom stereocenters. The normalized spacial score (nSPS) is 17.5. The number of rotatable bonds is 4. The Balaban J connectivity index is 1.49. The smallest absolute Gasteiger partial charge is 0.399 e. The second kappa shape index (κ2) is 6.93. The maximum Gasteiger partial charge on any atom is 0.494 e. The van der Waals surface area contributed by atoms with Crippen molar-refractivity contribution in [1.29, 1.82) is 0 Å². The number of nitrogens with zero attached hydrogens (tertiary/aromatic N) is 4. The van der Waals surface area contributed by atoms with E-state index in [1.54, 1.807) is 17.8 Å². The topological polar surface area (TPSA) is 74.1 Å². The van der Waals surface area contributed by atoms with Gasteiger partial charge in [-0.15, -0.1) is 5.10 Å². The third-order valence-electron chi connectivity index (χ3n) is 5.44. The zero-order valence-corrected chi connectivity index (χ0v) is 17.1. The standard InChI is InChI=1S/C20H23BFN5O2/c1-19(2)20(3,4)29-21(28-19)14-7-9-15(10-8-14)24-18-25-17(26-27(18)5)13-6-11-16(22)23-12-13/h6-12H,1-5H3,(H,24,25,26). The maximum absolute atomic E-state index is 13.0. The fourth-order valence-corrected chi connectivity index (χ4v) is 2.96. The van der Waals surface area contributed by atoms with Crippen LogP contribution in [0.4, 0.5) is 16.0 Å². The molecule has 1 aliphatic rings. The first kappa shape index (κ1) is 19.5. The summed E-state index contributed by atoms with van der Waals surface area (Å²) in [6.45, 7) is 8.13. The fraction of sp³-hybridized carbons (Fsp3) is 0.350. The Morgan fingerprint density at radius 3 is 2.24 bits per heavy atom. The minimum Gasteiger partial charge on any atom is -0.399 e. The third-order valence-corrected chi connectivity index (χ3v) is 5.44. The number of halogens is 1. The molecule has 7 nitrogen and oxygen atoms in total. The molecule has 1 aromatic carbocycles. The molecule has 29 heavy (non-hydrogen) atoms. The molecule has 0 radical (unpaired) electrons. The van der Waals surface area contributed by atoms with Crippen molar-refractivity contribution in [1.82, 2.24) is 19.7 Å². The Morgan fingerprint density at radius 1 is 1.00 bits per heavy atom. The fourth-order valence-electron chi connectivity index (χ4n) is 2.96. The van der Waals surface area contributed by atoms with Crippen LogP contribution in [0.25, 0.3) is 11.4 Å². The molecular weight excluding hydrogens is 372 g/mol. The molecule has 1 N–H and O–H groups in total. The molecule has 0 amide bonds. The lowest BCUT2D eigenvalue weighted by atomic mass is 9.79. The maximum atomic E-state index is 13.0. The van der Waals surface area contributed by atoms with E-state index in [4.69, 9.17) is 9.31 Å². The van der Waals surface area contributed by atoms with Gasteiger partial charge in [0.2, 0.25) is 11.9 Å². The van der Waals surface area contributed by atoms with Crippen LogP contribution >= 0.6 is 0 Å². The molecular formula is C20H23BFN5O2. The Kier molecular flexibility index (Phi) is 4.67. The number of aromatic nitrogens is 4. The second-order valence-corrected chi connectivity index (χ2v) is 8.09. The number of aryl methyl sites for hydroxylation is 1. The average molecular weight is 395 g/mol. The van der Waals surface area contributed by atoms with Crippen molar-refractivity contribution in [3.63, 3.8) is 0 Å². The summed E-state index contributed by atoms with van der Waals surface area (Å²) < 4.78 is 26.8. The number of hydrogen-bond acceptors (Lipinski definition) is 6. The summed E-state index contributed by atoms with van der Waals surface area (Å²) in [6, 6.07) is 10.7. The van der Waals surface area contributed by atoms with Crippen LogP contribution in [0.15, 0.2) is 42.6 Å². The molecule has 3 aromatic rings. The van der Waals surface area contributed by atoms with E-state index in [0.717, 1.165) is 11.2 Å². The van der Waals surface area contributed by atoms with Gasteiger partial charge in [0.25, 0.3) is 0 Å². The molecule has 0 bridgehead atoms. The third kappa shape index (κ3) is 3.75. The first-order chi connectivity index (χ1) is 13.6. The van der Waals surface area contributed by atoms with Gasteiger partial charge in [-0.25, -0.2) is 9.67 Å². The van der Waals surface area contributed by atoms with Gasteiger partial charge < -0.3 is 14.6 Å². The highest BCUT2D eigenvalue weighted by Crippen LogP contribution is 2.36. The SMILES string of the molecule is Cn1nc(-c2ccc(F)nc2)nc1Nc1ccc(B2OC(C)(C)C(C)(C)O2)cc1. The number of hydrogen-bond donors (Lipinski definition) is 1. The van der Waals surface area contributed by atoms with Gasteiger partial charge in [-0.05, 0) is 57.4 Å². The minimum absolute atomic E-state index is 0.376. The number of anilines is 2. The molecule has 3 heterocycles. The predicted molar refractivity (Wildman–Crippen MR) is 110 cm³/mol. The Hall–Kier alpha value is -2.78. The summed E-state index contributed by atoms with van der Waals surface area (Å²) in [5, 5.41) is 7.60. The summed E-state index contributed by atoms with van der Waals surface area (Å²) in [4.78, 5) is 8.12. The average Bonchev–Trinajstić information content (AvgIpc) is 3.12. The first-order valence-electron chi connectivity index (χ1n) is 9.40. The summed E-state index contributed by atoms with van der Waals surface area (Å²) in [7, 11) is 1.38. The first-order valence-corrected chi connectivity index (χ1v) is 9.40. The summed E-state index contributed by atoms with van der Waals surface area (Å²) in [5.74, 6) is 0.495. The van der Waals surface area contributed by atoms with Gasteiger partial charge in [-0.1, -0.05) is 12.1 Å². The van der Waals surface area contributed by atoms with Crippen molar-refractivity contribution in [3.05, 3.63) is 48.5 Å². The molecule has 1 saturated heterocycles. The van der Waals surface area contributed by atoms with E-state index in [-0.39, 0.29) is 11.2 Å². The van der Waals surface area contributed by atoms with Gasteiger partial charge in [0.15, 0.2) is 5.82 Å². The highest BCUT2D eigenvalue weighted by Gasteiger charge is 2.51. The molecule has 0 saturated carbocycles. The van der Waals surface area contributed by atoms with Gasteiger partial charge in [-0.3, -0.25) is 0 Å². The lowest BCUT2D eigenvalue weighted by molar-refractivity contribution is 0.00578. The van der Waals surface area contributed by atoms with Crippen LogP contribution in [-0.2, 0) is 16.4 Å². The molecule has 1 fully saturated rings. The monoisotopic (exact) mass is 395 g/mol. The number of nitrogens with one attached hydrogen (secondary N) is 1. The van der Waals surface area contributed by atoms with Crippen molar-refractivity contribution in [3.8, 4) is 11.4 Å². The van der Waals surface area contributed by atoms with Crippen molar-refractivity contribution in [2.24, 2.45) is 7.05 Å². The molecule has 4 rings (SSSR count). The Morgan fingerprint density at radius 2 is 1.66 bits per heavy atom. The van der Waals surface area contributed by atoms with Crippen molar-refractivity contribution >= 4 is 24.2 Å². The van der Waals surface area contributed by atoms with Crippen molar-refractivity contribution < 1.29 is 13.7 Å². The molecule has 0 spiro atoms. The lowest BCUT2D eigenvalue weighted by Crippen LogP contribution is -2.41. The van der Waals surface area contributed by atoms with Crippen LogP contribution in [-0.4, -0.2) is 38.1 Å². The minimum atomic E-state index is -0.537. The van der Waals surface area contributed by atoms with Crippen LogP contribution in [0.3, 0.4) is 0 Å². The highest BCUT2D eigenvalue weighted by molar-refractivity contribution is 6.62. The van der Waals surface area contributed by atoms with Gasteiger partial charge in [-0.2, -0.15) is 9.37 Å². The Bertz CT molecular complexity index is 1000. The molecule has 0 unspecified atom stereocenters. The second-order valence-electron chi connectivity index (χ2n) is 8.09. The molecule has 0 aliphatic carbocycles. The van der Waals surface area contributed by atoms with Gasteiger partial charge in [0.05, 0.1) is 11.2 Å². The van der Waals surface area contributed by atoms with Crippen LogP contribution < -0.4 is 10.8 Å². The van der Waals surface area contributed by atoms with E-state index in [1.807, 2.05) is 52.0 Å². The summed E-state index contributed by atoms with van der Waals surface area (Å²) in [6.07, 6.45) is 1.41. The summed E-state index contributed by atoms with van der Waals surface area (Å²) >= 11 is 0. The van der Waals surface area contributed by atoms with Gasteiger partial charge in [0, 0.05) is 24.5 Å². The molecule has 1 aliphatic heterocycles. The van der Waals surface area contributed by atoms with Crippen molar-refractivity contribution in [2.75, 3.05) is 5.32 Å².